The molecule has 0 saturated carbocycles. The fourth-order valence-corrected chi connectivity index (χ4v) is 5.06. The minimum atomic E-state index is -0.0959. The normalized spacial score (nSPS) is 21.5. The molecule has 1 unspecified atom stereocenters. The van der Waals surface area contributed by atoms with Gasteiger partial charge in [0.25, 0.3) is 5.56 Å². The topological polar surface area (TPSA) is 64.4 Å². The molecule has 1 saturated heterocycles. The Morgan fingerprint density at radius 3 is 2.77 bits per heavy atom. The van der Waals surface area contributed by atoms with Gasteiger partial charge in [-0.25, -0.2) is 4.68 Å². The summed E-state index contributed by atoms with van der Waals surface area (Å²) < 4.78 is 7.48. The standard InChI is InChI=1S/C24H29N3O3/c28-23-14-18-5-1-3-7-21(18)25-27(23)15-17-9-11-26(12-10-17)24(29)20-13-19-6-2-4-8-22(19)30-16-20/h2,4,6,8,14,17,20H,1,3,5,7,9-13,15-16H2. The number of carbonyl (C=O) groups is 1. The second-order valence-electron chi connectivity index (χ2n) is 8.93. The largest absolute Gasteiger partial charge is 0.492 e. The number of hydrogen-bond donors (Lipinski definition) is 0. The predicted molar refractivity (Wildman–Crippen MR) is 114 cm³/mol. The zero-order valence-electron chi connectivity index (χ0n) is 17.4. The maximum absolute atomic E-state index is 13.0. The third kappa shape index (κ3) is 3.87. The van der Waals surface area contributed by atoms with Crippen LogP contribution in [0.25, 0.3) is 0 Å². The number of carbonyl (C=O) groups excluding carboxylic acids is 1. The van der Waals surface area contributed by atoms with Gasteiger partial charge in [0.15, 0.2) is 0 Å². The van der Waals surface area contributed by atoms with Crippen molar-refractivity contribution in [3.8, 4) is 5.75 Å². The molecule has 0 bridgehead atoms. The molecule has 1 aromatic heterocycles. The van der Waals surface area contributed by atoms with Gasteiger partial charge in [0.1, 0.15) is 12.4 Å². The van der Waals surface area contributed by atoms with Gasteiger partial charge in [-0.1, -0.05) is 18.2 Å². The molecule has 1 amide bonds. The van der Waals surface area contributed by atoms with E-state index in [0.717, 1.165) is 80.6 Å². The average Bonchev–Trinajstić information content (AvgIpc) is 2.79. The van der Waals surface area contributed by atoms with E-state index in [4.69, 9.17) is 4.74 Å². The van der Waals surface area contributed by atoms with Crippen LogP contribution in [0.1, 0.15) is 42.5 Å². The Morgan fingerprint density at radius 2 is 1.90 bits per heavy atom. The van der Waals surface area contributed by atoms with Crippen LogP contribution in [0, 0.1) is 11.8 Å². The molecular formula is C24H29N3O3. The van der Waals surface area contributed by atoms with E-state index in [1.54, 1.807) is 10.7 Å². The number of rotatable bonds is 3. The third-order valence-corrected chi connectivity index (χ3v) is 6.86. The molecule has 6 heteroatoms. The number of fused-ring (bicyclic) bond motifs is 2. The van der Waals surface area contributed by atoms with E-state index in [9.17, 15) is 9.59 Å². The quantitative estimate of drug-likeness (QED) is 0.785. The number of nitrogens with zero attached hydrogens (tertiary/aromatic N) is 3. The summed E-state index contributed by atoms with van der Waals surface area (Å²) >= 11 is 0. The lowest BCUT2D eigenvalue weighted by molar-refractivity contribution is -0.138. The zero-order chi connectivity index (χ0) is 20.5. The molecule has 1 fully saturated rings. The van der Waals surface area contributed by atoms with E-state index in [2.05, 4.69) is 5.10 Å². The second kappa shape index (κ2) is 8.25. The lowest BCUT2D eigenvalue weighted by Gasteiger charge is -2.35. The van der Waals surface area contributed by atoms with Crippen LogP contribution in [0.4, 0.5) is 0 Å². The number of aromatic nitrogens is 2. The van der Waals surface area contributed by atoms with Crippen LogP contribution in [0.15, 0.2) is 35.1 Å². The third-order valence-electron chi connectivity index (χ3n) is 6.86. The highest BCUT2D eigenvalue weighted by Gasteiger charge is 2.32. The summed E-state index contributed by atoms with van der Waals surface area (Å²) in [6.07, 6.45) is 6.87. The molecule has 3 aliphatic rings. The number of ether oxygens (including phenoxy) is 1. The molecule has 0 N–H and O–H groups in total. The number of likely N-dealkylation sites (tertiary alicyclic amines) is 1. The molecule has 158 valence electrons. The molecule has 2 aliphatic heterocycles. The van der Waals surface area contributed by atoms with E-state index < -0.39 is 0 Å². The SMILES string of the molecule is O=C(C1COc2ccccc2C1)N1CCC(Cn2nc3c(cc2=O)CCCC3)CC1. The Balaban J connectivity index is 1.18. The fourth-order valence-electron chi connectivity index (χ4n) is 5.06. The highest BCUT2D eigenvalue weighted by molar-refractivity contribution is 5.80. The van der Waals surface area contributed by atoms with Crippen LogP contribution in [-0.4, -0.2) is 40.3 Å². The first-order valence-electron chi connectivity index (χ1n) is 11.3. The van der Waals surface area contributed by atoms with E-state index in [1.165, 1.54) is 0 Å². The summed E-state index contributed by atoms with van der Waals surface area (Å²) in [5, 5.41) is 4.66. The van der Waals surface area contributed by atoms with Gasteiger partial charge in [-0.15, -0.1) is 0 Å². The molecule has 3 heterocycles. The van der Waals surface area contributed by atoms with Crippen molar-refractivity contribution < 1.29 is 9.53 Å². The molecule has 30 heavy (non-hydrogen) atoms. The maximum Gasteiger partial charge on any atom is 0.267 e. The molecule has 5 rings (SSSR count). The lowest BCUT2D eigenvalue weighted by atomic mass is 9.92. The summed E-state index contributed by atoms with van der Waals surface area (Å²) in [5.41, 5.74) is 3.38. The van der Waals surface area contributed by atoms with E-state index in [0.29, 0.717) is 19.1 Å². The Bertz CT molecular complexity index is 991. The van der Waals surface area contributed by atoms with Gasteiger partial charge in [-0.05, 0) is 68.1 Å². The molecule has 0 spiro atoms. The van der Waals surface area contributed by atoms with E-state index in [-0.39, 0.29) is 17.4 Å². The van der Waals surface area contributed by atoms with Crippen molar-refractivity contribution in [1.29, 1.82) is 0 Å². The maximum atomic E-state index is 13.0. The minimum Gasteiger partial charge on any atom is -0.492 e. The summed E-state index contributed by atoms with van der Waals surface area (Å²) in [6, 6.07) is 9.77. The smallest absolute Gasteiger partial charge is 0.267 e. The second-order valence-corrected chi connectivity index (χ2v) is 8.93. The first-order valence-corrected chi connectivity index (χ1v) is 11.3. The van der Waals surface area contributed by atoms with Crippen molar-refractivity contribution in [3.63, 3.8) is 0 Å². The molecule has 6 nitrogen and oxygen atoms in total. The molecule has 1 aliphatic carbocycles. The van der Waals surface area contributed by atoms with Gasteiger partial charge in [-0.3, -0.25) is 9.59 Å². The van der Waals surface area contributed by atoms with Crippen molar-refractivity contribution in [2.75, 3.05) is 19.7 Å². The van der Waals surface area contributed by atoms with Crippen molar-refractivity contribution in [1.82, 2.24) is 14.7 Å². The number of para-hydroxylation sites is 1. The van der Waals surface area contributed by atoms with Crippen molar-refractivity contribution in [2.24, 2.45) is 11.8 Å². The van der Waals surface area contributed by atoms with Crippen LogP contribution in [0.3, 0.4) is 0 Å². The van der Waals surface area contributed by atoms with Crippen LogP contribution >= 0.6 is 0 Å². The van der Waals surface area contributed by atoms with Gasteiger partial charge in [-0.2, -0.15) is 5.10 Å². The number of amides is 1. The van der Waals surface area contributed by atoms with Gasteiger partial charge in [0.05, 0.1) is 11.6 Å². The summed E-state index contributed by atoms with van der Waals surface area (Å²) in [7, 11) is 0. The Hall–Kier alpha value is -2.63. The number of aryl methyl sites for hydroxylation is 2. The van der Waals surface area contributed by atoms with Gasteiger partial charge in [0, 0.05) is 25.7 Å². The minimum absolute atomic E-state index is 0.0205. The fraction of sp³-hybridized carbons (Fsp3) is 0.542. The average molecular weight is 408 g/mol. The summed E-state index contributed by atoms with van der Waals surface area (Å²) in [4.78, 5) is 27.5. The molecule has 1 atom stereocenters. The molecule has 1 aromatic carbocycles. The van der Waals surface area contributed by atoms with Crippen LogP contribution in [-0.2, 0) is 30.6 Å². The first kappa shape index (κ1) is 19.3. The zero-order valence-corrected chi connectivity index (χ0v) is 17.4. The van der Waals surface area contributed by atoms with Crippen molar-refractivity contribution in [2.45, 2.75) is 51.5 Å². The number of hydrogen-bond acceptors (Lipinski definition) is 4. The monoisotopic (exact) mass is 407 g/mol. The van der Waals surface area contributed by atoms with Gasteiger partial charge < -0.3 is 9.64 Å². The van der Waals surface area contributed by atoms with Crippen molar-refractivity contribution in [3.05, 3.63) is 57.5 Å². The number of benzene rings is 1. The van der Waals surface area contributed by atoms with Gasteiger partial charge in [0.2, 0.25) is 5.91 Å². The first-order chi connectivity index (χ1) is 14.7. The predicted octanol–water partition coefficient (Wildman–Crippen LogP) is 2.61. The highest BCUT2D eigenvalue weighted by atomic mass is 16.5. The van der Waals surface area contributed by atoms with Crippen LogP contribution < -0.4 is 10.3 Å². The Labute approximate surface area is 176 Å². The molecule has 2 aromatic rings. The Kier molecular flexibility index (Phi) is 5.32. The van der Waals surface area contributed by atoms with Crippen LogP contribution in [0.2, 0.25) is 0 Å². The summed E-state index contributed by atoms with van der Waals surface area (Å²) in [6.45, 7) is 2.63. The highest BCUT2D eigenvalue weighted by Crippen LogP contribution is 2.29. The Morgan fingerprint density at radius 1 is 1.10 bits per heavy atom. The lowest BCUT2D eigenvalue weighted by Crippen LogP contribution is -2.45. The number of piperidine rings is 1. The van der Waals surface area contributed by atoms with Gasteiger partial charge >= 0.3 is 0 Å². The van der Waals surface area contributed by atoms with E-state index >= 15 is 0 Å². The molecular weight excluding hydrogens is 378 g/mol. The molecule has 0 radical (unpaired) electrons. The van der Waals surface area contributed by atoms with E-state index in [1.807, 2.05) is 29.2 Å². The summed E-state index contributed by atoms with van der Waals surface area (Å²) in [5.74, 6) is 1.40. The van der Waals surface area contributed by atoms with Crippen molar-refractivity contribution >= 4 is 5.91 Å². The van der Waals surface area contributed by atoms with Crippen LogP contribution in [0.5, 0.6) is 5.75 Å².